The number of aromatic nitrogens is 1. The van der Waals surface area contributed by atoms with E-state index in [-0.39, 0.29) is 17.7 Å². The van der Waals surface area contributed by atoms with Crippen LogP contribution in [0.1, 0.15) is 20.7 Å². The Balaban J connectivity index is 1.47. The van der Waals surface area contributed by atoms with Crippen molar-refractivity contribution in [3.8, 4) is 11.5 Å². The number of fused-ring (bicyclic) bond motifs is 1. The summed E-state index contributed by atoms with van der Waals surface area (Å²) in [6.45, 7) is 3.40. The van der Waals surface area contributed by atoms with E-state index in [2.05, 4.69) is 27.5 Å². The van der Waals surface area contributed by atoms with Crippen LogP contribution >= 0.6 is 0 Å². The lowest BCUT2D eigenvalue weighted by Gasteiger charge is -2.10. The highest BCUT2D eigenvalue weighted by molar-refractivity contribution is 6.07. The molecule has 0 aliphatic heterocycles. The zero-order valence-corrected chi connectivity index (χ0v) is 18.9. The molecule has 0 saturated heterocycles. The number of hydrogen-bond acceptors (Lipinski definition) is 5. The van der Waals surface area contributed by atoms with Crippen LogP contribution in [-0.2, 0) is 4.79 Å². The van der Waals surface area contributed by atoms with E-state index in [1.54, 1.807) is 55.6 Å². The van der Waals surface area contributed by atoms with Crippen LogP contribution in [0, 0.1) is 0 Å². The second kappa shape index (κ2) is 10.3. The molecule has 3 N–H and O–H groups in total. The van der Waals surface area contributed by atoms with Gasteiger partial charge in [0.25, 0.3) is 11.8 Å². The number of hydrogen-bond donors (Lipinski definition) is 3. The first-order chi connectivity index (χ1) is 17.0. The Hall–Kier alpha value is -4.98. The van der Waals surface area contributed by atoms with E-state index in [0.29, 0.717) is 34.1 Å². The molecule has 0 unspecified atom stereocenters. The number of benzene rings is 3. The molecule has 8 heteroatoms. The smallest absolute Gasteiger partial charge is 0.256 e. The number of carbonyl (C=O) groups is 3. The van der Waals surface area contributed by atoms with Crippen molar-refractivity contribution < 1.29 is 19.1 Å². The Kier molecular flexibility index (Phi) is 6.83. The average Bonchev–Trinajstić information content (AvgIpc) is 2.88. The average molecular weight is 466 g/mol. The van der Waals surface area contributed by atoms with Crippen LogP contribution in [0.4, 0.5) is 11.5 Å². The fourth-order valence-electron chi connectivity index (χ4n) is 3.42. The van der Waals surface area contributed by atoms with Crippen molar-refractivity contribution in [2.75, 3.05) is 17.7 Å². The maximum atomic E-state index is 12.6. The summed E-state index contributed by atoms with van der Waals surface area (Å²) in [4.78, 5) is 40.3. The Morgan fingerprint density at radius 3 is 2.40 bits per heavy atom. The summed E-state index contributed by atoms with van der Waals surface area (Å²) in [7, 11) is 1.59. The molecule has 4 rings (SSSR count). The molecule has 0 bridgehead atoms. The van der Waals surface area contributed by atoms with Gasteiger partial charge in [0.2, 0.25) is 5.91 Å². The van der Waals surface area contributed by atoms with Crippen LogP contribution in [0.15, 0.2) is 91.6 Å². The van der Waals surface area contributed by atoms with Crippen molar-refractivity contribution in [2.24, 2.45) is 0 Å². The molecule has 4 aromatic rings. The normalized spacial score (nSPS) is 10.3. The predicted molar refractivity (Wildman–Crippen MR) is 135 cm³/mol. The lowest BCUT2D eigenvalue weighted by atomic mass is 10.0. The third-order valence-corrected chi connectivity index (χ3v) is 5.13. The number of nitrogens with one attached hydrogen (secondary N) is 3. The Labute approximate surface area is 201 Å². The van der Waals surface area contributed by atoms with E-state index in [4.69, 9.17) is 4.74 Å². The maximum Gasteiger partial charge on any atom is 0.256 e. The second-order valence-electron chi connectivity index (χ2n) is 7.47. The summed E-state index contributed by atoms with van der Waals surface area (Å²) in [6.07, 6.45) is 2.70. The van der Waals surface area contributed by atoms with Crippen molar-refractivity contribution >= 4 is 40.0 Å². The molecular weight excluding hydrogens is 444 g/mol. The lowest BCUT2D eigenvalue weighted by Crippen LogP contribution is -2.17. The van der Waals surface area contributed by atoms with Crippen molar-refractivity contribution in [1.29, 1.82) is 0 Å². The number of ether oxygens (including phenoxy) is 1. The Morgan fingerprint density at radius 2 is 1.66 bits per heavy atom. The molecule has 0 saturated carbocycles. The summed E-state index contributed by atoms with van der Waals surface area (Å²) in [5, 5.41) is 9.68. The van der Waals surface area contributed by atoms with Gasteiger partial charge in [-0.05, 0) is 71.4 Å². The molecule has 8 nitrogen and oxygen atoms in total. The van der Waals surface area contributed by atoms with Crippen molar-refractivity contribution in [2.45, 2.75) is 0 Å². The fraction of sp³-hybridized carbons (Fsp3) is 0.0370. The molecule has 0 atom stereocenters. The minimum absolute atomic E-state index is 0.157. The van der Waals surface area contributed by atoms with Crippen molar-refractivity contribution in [3.05, 3.63) is 103 Å². The van der Waals surface area contributed by atoms with Gasteiger partial charge in [0.05, 0.1) is 0 Å². The minimum atomic E-state index is -0.358. The SMILES string of the molecule is C=CC(=O)Nc1ccc(C(=O)Nc2cc(Oc3ccc4c(C(=O)NC)cccc4c3)ccn2)cc1. The van der Waals surface area contributed by atoms with Gasteiger partial charge in [0, 0.05) is 36.1 Å². The van der Waals surface area contributed by atoms with E-state index in [0.717, 1.165) is 10.8 Å². The number of nitrogens with zero attached hydrogens (tertiary/aromatic N) is 1. The van der Waals surface area contributed by atoms with Crippen LogP contribution < -0.4 is 20.7 Å². The molecule has 35 heavy (non-hydrogen) atoms. The van der Waals surface area contributed by atoms with Gasteiger partial charge in [-0.25, -0.2) is 4.98 Å². The summed E-state index contributed by atoms with van der Waals surface area (Å²) >= 11 is 0. The van der Waals surface area contributed by atoms with Gasteiger partial charge in [-0.2, -0.15) is 0 Å². The molecule has 0 radical (unpaired) electrons. The lowest BCUT2D eigenvalue weighted by molar-refractivity contribution is -0.111. The van der Waals surface area contributed by atoms with E-state index in [1.165, 1.54) is 12.3 Å². The summed E-state index contributed by atoms with van der Waals surface area (Å²) in [5.74, 6) is 0.533. The van der Waals surface area contributed by atoms with Gasteiger partial charge in [0.1, 0.15) is 17.3 Å². The number of carbonyl (C=O) groups excluding carboxylic acids is 3. The van der Waals surface area contributed by atoms with Crippen molar-refractivity contribution in [1.82, 2.24) is 10.3 Å². The molecule has 1 aromatic heterocycles. The third-order valence-electron chi connectivity index (χ3n) is 5.13. The minimum Gasteiger partial charge on any atom is -0.457 e. The van der Waals surface area contributed by atoms with Gasteiger partial charge in [0.15, 0.2) is 0 Å². The summed E-state index contributed by atoms with van der Waals surface area (Å²) in [5.41, 5.74) is 1.54. The highest BCUT2D eigenvalue weighted by atomic mass is 16.5. The van der Waals surface area contributed by atoms with E-state index in [1.807, 2.05) is 24.3 Å². The number of amides is 3. The van der Waals surface area contributed by atoms with Crippen LogP contribution in [0.25, 0.3) is 10.8 Å². The van der Waals surface area contributed by atoms with E-state index in [9.17, 15) is 14.4 Å². The molecule has 0 fully saturated rings. The molecule has 174 valence electrons. The topological polar surface area (TPSA) is 109 Å². The first-order valence-corrected chi connectivity index (χ1v) is 10.7. The summed E-state index contributed by atoms with van der Waals surface area (Å²) < 4.78 is 5.96. The van der Waals surface area contributed by atoms with Crippen LogP contribution in [0.2, 0.25) is 0 Å². The monoisotopic (exact) mass is 466 g/mol. The second-order valence-corrected chi connectivity index (χ2v) is 7.47. The number of pyridine rings is 1. The first kappa shape index (κ1) is 23.2. The molecule has 1 heterocycles. The number of anilines is 2. The standard InChI is InChI=1S/C27H22N4O4/c1-3-25(32)30-19-9-7-17(8-10-19)26(33)31-24-16-21(13-14-29-24)35-20-11-12-22-18(15-20)5-4-6-23(22)27(34)28-2/h3-16H,1H2,2H3,(H,28,34)(H,30,32)(H,29,31,33). The van der Waals surface area contributed by atoms with Crippen molar-refractivity contribution in [3.63, 3.8) is 0 Å². The molecule has 0 spiro atoms. The molecule has 3 aromatic carbocycles. The zero-order chi connectivity index (χ0) is 24.8. The molecule has 0 aliphatic carbocycles. The summed E-state index contributed by atoms with van der Waals surface area (Å²) in [6, 6.07) is 20.7. The maximum absolute atomic E-state index is 12.6. The largest absolute Gasteiger partial charge is 0.457 e. The predicted octanol–water partition coefficient (Wildman–Crippen LogP) is 4.76. The van der Waals surface area contributed by atoms with E-state index < -0.39 is 0 Å². The highest BCUT2D eigenvalue weighted by Gasteiger charge is 2.11. The molecular formula is C27H22N4O4. The highest BCUT2D eigenvalue weighted by Crippen LogP contribution is 2.28. The zero-order valence-electron chi connectivity index (χ0n) is 18.9. The van der Waals surface area contributed by atoms with Gasteiger partial charge < -0.3 is 20.7 Å². The fourth-order valence-corrected chi connectivity index (χ4v) is 3.42. The van der Waals surface area contributed by atoms with Gasteiger partial charge in [-0.1, -0.05) is 18.7 Å². The number of rotatable bonds is 7. The van der Waals surface area contributed by atoms with Gasteiger partial charge >= 0.3 is 0 Å². The first-order valence-electron chi connectivity index (χ1n) is 10.7. The Morgan fingerprint density at radius 1 is 0.886 bits per heavy atom. The van der Waals surface area contributed by atoms with Crippen LogP contribution in [0.3, 0.4) is 0 Å². The van der Waals surface area contributed by atoms with Gasteiger partial charge in [-0.3, -0.25) is 14.4 Å². The Bertz CT molecular complexity index is 1430. The molecule has 3 amide bonds. The van der Waals surface area contributed by atoms with E-state index >= 15 is 0 Å². The van der Waals surface area contributed by atoms with Crippen LogP contribution in [-0.4, -0.2) is 29.8 Å². The van der Waals surface area contributed by atoms with Gasteiger partial charge in [-0.15, -0.1) is 0 Å². The molecule has 0 aliphatic rings. The van der Waals surface area contributed by atoms with Crippen LogP contribution in [0.5, 0.6) is 11.5 Å². The quantitative estimate of drug-likeness (QED) is 0.340. The third kappa shape index (κ3) is 5.51.